The smallest absolute Gasteiger partial charge is 0.162 e. The van der Waals surface area contributed by atoms with Crippen LogP contribution in [0.4, 0.5) is 0 Å². The Morgan fingerprint density at radius 3 is 2.39 bits per heavy atom. The highest BCUT2D eigenvalue weighted by Crippen LogP contribution is 2.40. The molecule has 162 valence electrons. The summed E-state index contributed by atoms with van der Waals surface area (Å²) in [6.07, 6.45) is 1.92. The number of likely N-dealkylation sites (N-methyl/N-ethyl adjacent to an activating group) is 1. The third-order valence-corrected chi connectivity index (χ3v) is 6.55. The van der Waals surface area contributed by atoms with Gasteiger partial charge in [0.15, 0.2) is 11.5 Å². The minimum Gasteiger partial charge on any atom is -0.496 e. The summed E-state index contributed by atoms with van der Waals surface area (Å²) >= 11 is 3.62. The zero-order valence-electron chi connectivity index (χ0n) is 18.2. The van der Waals surface area contributed by atoms with Gasteiger partial charge in [0.1, 0.15) is 12.4 Å². The number of hydrogen-bond acceptors (Lipinski definition) is 4. The van der Waals surface area contributed by atoms with Gasteiger partial charge in [-0.3, -0.25) is 4.90 Å². The molecule has 1 aliphatic rings. The number of nitrogens with zero attached hydrogens (tertiary/aromatic N) is 1. The van der Waals surface area contributed by atoms with Crippen LogP contribution >= 0.6 is 15.9 Å². The lowest BCUT2D eigenvalue weighted by atomic mass is 9.88. The fourth-order valence-corrected chi connectivity index (χ4v) is 4.76. The van der Waals surface area contributed by atoms with Gasteiger partial charge in [-0.05, 0) is 82.3 Å². The maximum Gasteiger partial charge on any atom is 0.162 e. The number of hydrogen-bond donors (Lipinski definition) is 0. The number of rotatable bonds is 7. The maximum absolute atomic E-state index is 6.20. The van der Waals surface area contributed by atoms with Crippen molar-refractivity contribution >= 4 is 15.9 Å². The van der Waals surface area contributed by atoms with Crippen molar-refractivity contribution < 1.29 is 14.2 Å². The highest BCUT2D eigenvalue weighted by Gasteiger charge is 2.27. The molecular formula is C26H28BrNO3. The number of benzene rings is 3. The molecule has 1 atom stereocenters. The molecule has 0 aliphatic carbocycles. The molecule has 3 aromatic rings. The van der Waals surface area contributed by atoms with Crippen molar-refractivity contribution in [3.63, 3.8) is 0 Å². The average molecular weight is 482 g/mol. The standard InChI is InChI=1S/C26H28BrNO3/c1-28-12-11-20-15-25(30-3)26(31-17-18-7-5-4-6-8-18)16-21(20)23(28)14-19-9-10-24(29-2)22(27)13-19/h4-10,13,15-16,23H,11-12,14,17H2,1-3H3. The Morgan fingerprint density at radius 1 is 0.903 bits per heavy atom. The van der Waals surface area contributed by atoms with E-state index in [1.165, 1.54) is 16.7 Å². The Labute approximate surface area is 192 Å². The molecule has 1 heterocycles. The van der Waals surface area contributed by atoms with Crippen LogP contribution in [0, 0.1) is 0 Å². The summed E-state index contributed by atoms with van der Waals surface area (Å²) in [6.45, 7) is 1.53. The third-order valence-electron chi connectivity index (χ3n) is 5.93. The second-order valence-electron chi connectivity index (χ2n) is 7.90. The summed E-state index contributed by atoms with van der Waals surface area (Å²) in [7, 11) is 5.59. The summed E-state index contributed by atoms with van der Waals surface area (Å²) in [6, 6.07) is 21.1. The zero-order chi connectivity index (χ0) is 21.8. The highest BCUT2D eigenvalue weighted by atomic mass is 79.9. The molecule has 0 radical (unpaired) electrons. The largest absolute Gasteiger partial charge is 0.496 e. The molecule has 4 rings (SSSR count). The van der Waals surface area contributed by atoms with Crippen molar-refractivity contribution in [2.45, 2.75) is 25.5 Å². The fraction of sp³-hybridized carbons (Fsp3) is 0.308. The van der Waals surface area contributed by atoms with E-state index >= 15 is 0 Å². The predicted octanol–water partition coefficient (Wildman–Crippen LogP) is 5.82. The fourth-order valence-electron chi connectivity index (χ4n) is 4.17. The lowest BCUT2D eigenvalue weighted by Gasteiger charge is -2.35. The molecule has 3 aromatic carbocycles. The Bertz CT molecular complexity index is 1040. The second-order valence-corrected chi connectivity index (χ2v) is 8.75. The molecule has 0 N–H and O–H groups in total. The minimum absolute atomic E-state index is 0.272. The molecule has 1 aliphatic heterocycles. The van der Waals surface area contributed by atoms with Gasteiger partial charge in [0.25, 0.3) is 0 Å². The van der Waals surface area contributed by atoms with E-state index in [4.69, 9.17) is 14.2 Å². The number of ether oxygens (including phenoxy) is 3. The van der Waals surface area contributed by atoms with E-state index in [0.29, 0.717) is 6.61 Å². The summed E-state index contributed by atoms with van der Waals surface area (Å²) in [5.74, 6) is 2.44. The quantitative estimate of drug-likeness (QED) is 0.425. The van der Waals surface area contributed by atoms with Crippen LogP contribution < -0.4 is 14.2 Å². The molecule has 4 nitrogen and oxygen atoms in total. The molecule has 5 heteroatoms. The normalized spacial score (nSPS) is 15.9. The van der Waals surface area contributed by atoms with Crippen LogP contribution in [0.25, 0.3) is 0 Å². The first-order valence-electron chi connectivity index (χ1n) is 10.5. The lowest BCUT2D eigenvalue weighted by Crippen LogP contribution is -2.33. The molecule has 0 aromatic heterocycles. The first-order valence-corrected chi connectivity index (χ1v) is 11.3. The van der Waals surface area contributed by atoms with Crippen LogP contribution in [-0.4, -0.2) is 32.7 Å². The Morgan fingerprint density at radius 2 is 1.68 bits per heavy atom. The van der Waals surface area contributed by atoms with Gasteiger partial charge in [0.2, 0.25) is 0 Å². The van der Waals surface area contributed by atoms with Gasteiger partial charge in [-0.25, -0.2) is 0 Å². The van der Waals surface area contributed by atoms with Gasteiger partial charge >= 0.3 is 0 Å². The summed E-state index contributed by atoms with van der Waals surface area (Å²) in [5, 5.41) is 0. The molecule has 0 saturated heterocycles. The molecular weight excluding hydrogens is 454 g/mol. The Hall–Kier alpha value is -2.50. The van der Waals surface area contributed by atoms with E-state index < -0.39 is 0 Å². The number of halogens is 1. The van der Waals surface area contributed by atoms with Crippen molar-refractivity contribution in [3.8, 4) is 17.2 Å². The molecule has 0 amide bonds. The summed E-state index contributed by atoms with van der Waals surface area (Å²) in [4.78, 5) is 2.42. The van der Waals surface area contributed by atoms with E-state index in [-0.39, 0.29) is 6.04 Å². The van der Waals surface area contributed by atoms with Crippen LogP contribution in [0.5, 0.6) is 17.2 Å². The van der Waals surface area contributed by atoms with Gasteiger partial charge in [0, 0.05) is 12.6 Å². The number of methoxy groups -OCH3 is 2. The van der Waals surface area contributed by atoms with E-state index in [1.807, 2.05) is 24.3 Å². The Kier molecular flexibility index (Phi) is 6.83. The van der Waals surface area contributed by atoms with Crippen molar-refractivity contribution in [1.82, 2.24) is 4.90 Å². The van der Waals surface area contributed by atoms with Crippen LogP contribution in [0.2, 0.25) is 0 Å². The molecule has 1 unspecified atom stereocenters. The SMILES string of the molecule is COc1ccc(CC2c3cc(OCc4ccccc4)c(OC)cc3CCN2C)cc1Br. The van der Waals surface area contributed by atoms with E-state index in [1.54, 1.807) is 14.2 Å². The molecule has 0 bridgehead atoms. The first-order chi connectivity index (χ1) is 15.1. The minimum atomic E-state index is 0.272. The lowest BCUT2D eigenvalue weighted by molar-refractivity contribution is 0.226. The first kappa shape index (κ1) is 21.7. The van der Waals surface area contributed by atoms with Crippen molar-refractivity contribution in [1.29, 1.82) is 0 Å². The van der Waals surface area contributed by atoms with Crippen molar-refractivity contribution in [2.24, 2.45) is 0 Å². The van der Waals surface area contributed by atoms with Crippen molar-refractivity contribution in [2.75, 3.05) is 27.8 Å². The summed E-state index contributed by atoms with van der Waals surface area (Å²) < 4.78 is 18.2. The monoisotopic (exact) mass is 481 g/mol. The van der Waals surface area contributed by atoms with Crippen LogP contribution in [0.15, 0.2) is 65.1 Å². The molecule has 0 saturated carbocycles. The van der Waals surface area contributed by atoms with Crippen molar-refractivity contribution in [3.05, 3.63) is 87.4 Å². The van der Waals surface area contributed by atoms with E-state index in [0.717, 1.165) is 46.7 Å². The van der Waals surface area contributed by atoms with Gasteiger partial charge < -0.3 is 14.2 Å². The van der Waals surface area contributed by atoms with Crippen LogP contribution in [0.3, 0.4) is 0 Å². The van der Waals surface area contributed by atoms with E-state index in [9.17, 15) is 0 Å². The maximum atomic E-state index is 6.20. The topological polar surface area (TPSA) is 30.9 Å². The zero-order valence-corrected chi connectivity index (χ0v) is 19.8. The Balaban J connectivity index is 1.63. The summed E-state index contributed by atoms with van der Waals surface area (Å²) in [5.41, 5.74) is 5.04. The van der Waals surface area contributed by atoms with Crippen LogP contribution in [-0.2, 0) is 19.4 Å². The molecule has 0 fully saturated rings. The molecule has 31 heavy (non-hydrogen) atoms. The number of fused-ring (bicyclic) bond motifs is 1. The highest BCUT2D eigenvalue weighted by molar-refractivity contribution is 9.10. The van der Waals surface area contributed by atoms with Crippen LogP contribution in [0.1, 0.15) is 28.3 Å². The third kappa shape index (κ3) is 4.89. The molecule has 0 spiro atoms. The van der Waals surface area contributed by atoms with Gasteiger partial charge in [-0.2, -0.15) is 0 Å². The van der Waals surface area contributed by atoms with Gasteiger partial charge in [0.05, 0.1) is 18.7 Å². The van der Waals surface area contributed by atoms with E-state index in [2.05, 4.69) is 64.3 Å². The average Bonchev–Trinajstić information content (AvgIpc) is 2.80. The second kappa shape index (κ2) is 9.75. The predicted molar refractivity (Wildman–Crippen MR) is 127 cm³/mol. The van der Waals surface area contributed by atoms with Gasteiger partial charge in [-0.15, -0.1) is 0 Å². The van der Waals surface area contributed by atoms with Gasteiger partial charge in [-0.1, -0.05) is 36.4 Å².